The highest BCUT2D eigenvalue weighted by Gasteiger charge is 2.53. The first-order valence-corrected chi connectivity index (χ1v) is 18.5. The lowest BCUT2D eigenvalue weighted by molar-refractivity contribution is 0.0268. The van der Waals surface area contributed by atoms with Crippen LogP contribution in [0.4, 0.5) is 24.4 Å². The number of anilines is 2. The largest absolute Gasteiger partial charge is 0.461 e. The first-order chi connectivity index (χ1) is 24.6. The third kappa shape index (κ3) is 5.02. The van der Waals surface area contributed by atoms with Crippen LogP contribution >= 0.6 is 34.5 Å². The van der Waals surface area contributed by atoms with Gasteiger partial charge in [0.2, 0.25) is 0 Å². The number of benzene rings is 2. The average Bonchev–Trinajstić information content (AvgIpc) is 3.93. The molecule has 17 heteroatoms. The summed E-state index contributed by atoms with van der Waals surface area (Å²) >= 11 is 13.9. The van der Waals surface area contributed by atoms with Gasteiger partial charge in [-0.1, -0.05) is 29.3 Å². The van der Waals surface area contributed by atoms with Crippen molar-refractivity contribution >= 4 is 78.7 Å². The number of aromatic nitrogens is 2. The van der Waals surface area contributed by atoms with E-state index in [1.807, 2.05) is 11.0 Å². The fraction of sp³-hybridized carbons (Fsp3) is 0.441. The fourth-order valence-corrected chi connectivity index (χ4v) is 10.1. The van der Waals surface area contributed by atoms with Crippen LogP contribution in [-0.2, 0) is 0 Å². The molecule has 4 saturated heterocycles. The minimum Gasteiger partial charge on any atom is -0.461 e. The molecule has 0 radical (unpaired) electrons. The molecule has 2 unspecified atom stereocenters. The number of likely N-dealkylation sites (tertiary alicyclic amines) is 1. The number of nitrogens with two attached hydrogens (primary N) is 1. The predicted octanol–water partition coefficient (Wildman–Crippen LogP) is 6.05. The van der Waals surface area contributed by atoms with Crippen molar-refractivity contribution < 1.29 is 18.3 Å². The number of hydrogen-bond donors (Lipinski definition) is 2. The number of nitrogens with one attached hydrogen (secondary N) is 1. The fourth-order valence-electron chi connectivity index (χ4n) is 8.72. The number of urea groups is 1. The summed E-state index contributed by atoms with van der Waals surface area (Å²) in [7, 11) is 0. The highest BCUT2D eigenvalue weighted by molar-refractivity contribution is 7.23. The number of halogens is 4. The molecule has 12 nitrogen and oxygen atoms in total. The number of nitrogen functional groups attached to an aromatic ring is 1. The minimum absolute atomic E-state index is 0.0195. The van der Waals surface area contributed by atoms with Gasteiger partial charge in [0.05, 0.1) is 26.4 Å². The van der Waals surface area contributed by atoms with Crippen LogP contribution in [0.5, 0.6) is 6.01 Å². The van der Waals surface area contributed by atoms with Gasteiger partial charge >= 0.3 is 12.0 Å². The van der Waals surface area contributed by atoms with E-state index in [0.717, 1.165) is 56.5 Å². The number of nitrogens with zero attached hydrogens (tertiary/aromatic N) is 8. The van der Waals surface area contributed by atoms with Crippen molar-refractivity contribution in [3.8, 4) is 23.2 Å². The summed E-state index contributed by atoms with van der Waals surface area (Å²) in [6.07, 6.45) is 7.01. The Morgan fingerprint density at radius 2 is 1.94 bits per heavy atom. The second kappa shape index (κ2) is 12.0. The number of hydrogen-bond acceptors (Lipinski definition) is 11. The molecular weight excluding hydrogens is 721 g/mol. The van der Waals surface area contributed by atoms with Gasteiger partial charge in [0.15, 0.2) is 11.4 Å². The van der Waals surface area contributed by atoms with E-state index in [4.69, 9.17) is 38.7 Å². The molecule has 2 aromatic carbocycles. The first-order valence-electron chi connectivity index (χ1n) is 16.9. The van der Waals surface area contributed by atoms with Crippen LogP contribution in [0, 0.1) is 23.0 Å². The topological polar surface area (TPSA) is 139 Å². The Balaban J connectivity index is 1.14. The summed E-state index contributed by atoms with van der Waals surface area (Å²) in [5.74, 6) is -0.883. The Morgan fingerprint density at radius 1 is 1.16 bits per heavy atom. The Kier molecular flexibility index (Phi) is 7.72. The SMILES string of the molecule is N#Cc1c(N)sc2c(F)ccc(-c3c(Cl)cc4c(N5CCC6(CCN6C(=O)N6C=NC(Cl)N6)C5)nc(OCC56CCCN5CCC6)nc4c3F)c12. The van der Waals surface area contributed by atoms with Crippen LogP contribution in [0.3, 0.4) is 0 Å². The standard InChI is InChI=1S/C34H32Cl2F2N10O2S/c35-21-13-19-26(25(38)24(21)18-3-4-22(37)27-23(18)20(14-39)28(40)51-27)42-31(50-16-34-5-1-9-46(34)10-2-6-34)43-29(19)45-11-7-33(15-45)8-12-47(33)32(49)48-17-41-30(36)44-48/h3-4,13,17,30,44H,1-2,5-12,15-16,40H2. The molecule has 7 heterocycles. The Labute approximate surface area is 305 Å². The van der Waals surface area contributed by atoms with Gasteiger partial charge in [-0.3, -0.25) is 4.90 Å². The van der Waals surface area contributed by atoms with Gasteiger partial charge in [-0.15, -0.1) is 11.3 Å². The van der Waals surface area contributed by atoms with Crippen molar-refractivity contribution in [3.63, 3.8) is 0 Å². The zero-order chi connectivity index (χ0) is 35.2. The van der Waals surface area contributed by atoms with E-state index in [1.54, 1.807) is 11.0 Å². The molecule has 4 fully saturated rings. The van der Waals surface area contributed by atoms with E-state index in [-0.39, 0.29) is 59.9 Å². The lowest BCUT2D eigenvalue weighted by Crippen LogP contribution is -2.66. The third-order valence-electron chi connectivity index (χ3n) is 11.3. The van der Waals surface area contributed by atoms with E-state index in [2.05, 4.69) is 20.3 Å². The number of nitriles is 1. The Bertz CT molecular complexity index is 2200. The van der Waals surface area contributed by atoms with Crippen LogP contribution in [0.2, 0.25) is 5.02 Å². The molecule has 0 aliphatic carbocycles. The smallest absolute Gasteiger partial charge is 0.340 e. The van der Waals surface area contributed by atoms with Crippen molar-refractivity contribution in [2.45, 2.75) is 55.2 Å². The molecule has 1 spiro atoms. The van der Waals surface area contributed by atoms with Crippen molar-refractivity contribution in [2.24, 2.45) is 4.99 Å². The second-order valence-electron chi connectivity index (χ2n) is 13.9. The Morgan fingerprint density at radius 3 is 2.65 bits per heavy atom. The predicted molar refractivity (Wildman–Crippen MR) is 192 cm³/mol. The maximum Gasteiger partial charge on any atom is 0.340 e. The van der Waals surface area contributed by atoms with Gasteiger partial charge in [-0.05, 0) is 69.3 Å². The van der Waals surface area contributed by atoms with Crippen LogP contribution in [0.25, 0.3) is 32.1 Å². The number of ether oxygens (including phenoxy) is 1. The van der Waals surface area contributed by atoms with E-state index in [0.29, 0.717) is 43.9 Å². The van der Waals surface area contributed by atoms with E-state index in [1.165, 1.54) is 23.5 Å². The van der Waals surface area contributed by atoms with Crippen molar-refractivity contribution in [2.75, 3.05) is 50.0 Å². The molecule has 5 aliphatic rings. The zero-order valence-corrected chi connectivity index (χ0v) is 29.6. The summed E-state index contributed by atoms with van der Waals surface area (Å²) in [6.45, 7) is 3.95. The van der Waals surface area contributed by atoms with Crippen LogP contribution < -0.4 is 20.8 Å². The molecule has 5 aliphatic heterocycles. The second-order valence-corrected chi connectivity index (χ2v) is 15.8. The van der Waals surface area contributed by atoms with E-state index in [9.17, 15) is 14.4 Å². The maximum atomic E-state index is 17.1. The normalized spacial score (nSPS) is 23.9. The summed E-state index contributed by atoms with van der Waals surface area (Å²) in [5.41, 5.74) is 7.87. The highest BCUT2D eigenvalue weighted by atomic mass is 35.5. The van der Waals surface area contributed by atoms with E-state index < -0.39 is 22.8 Å². The van der Waals surface area contributed by atoms with E-state index >= 15 is 4.39 Å². The van der Waals surface area contributed by atoms with Crippen LogP contribution in [-0.4, -0.2) is 93.2 Å². The van der Waals surface area contributed by atoms with Crippen molar-refractivity contribution in [3.05, 3.63) is 40.4 Å². The zero-order valence-electron chi connectivity index (χ0n) is 27.3. The van der Waals surface area contributed by atoms with Gasteiger partial charge in [-0.25, -0.2) is 23.6 Å². The van der Waals surface area contributed by atoms with Crippen molar-refractivity contribution in [1.29, 1.82) is 5.26 Å². The lowest BCUT2D eigenvalue weighted by atomic mass is 9.84. The van der Waals surface area contributed by atoms with Crippen LogP contribution in [0.15, 0.2) is 23.2 Å². The summed E-state index contributed by atoms with van der Waals surface area (Å²) in [6, 6.07) is 6.07. The number of aliphatic imine (C=N–C) groups is 1. The number of amides is 2. The molecule has 4 aromatic rings. The third-order valence-corrected chi connectivity index (χ3v) is 12.9. The molecule has 9 rings (SSSR count). The number of carbonyl (C=O) groups excluding carboxylic acids is 1. The molecule has 0 bridgehead atoms. The number of carbonyl (C=O) groups is 1. The summed E-state index contributed by atoms with van der Waals surface area (Å²) in [4.78, 5) is 33.3. The molecule has 264 valence electrons. The average molecular weight is 754 g/mol. The molecule has 0 saturated carbocycles. The number of fused-ring (bicyclic) bond motifs is 3. The summed E-state index contributed by atoms with van der Waals surface area (Å²) < 4.78 is 38.6. The van der Waals surface area contributed by atoms with Gasteiger partial charge < -0.3 is 20.3 Å². The number of thiophene rings is 1. The highest BCUT2D eigenvalue weighted by Crippen LogP contribution is 2.48. The van der Waals surface area contributed by atoms with Gasteiger partial charge in [-0.2, -0.15) is 20.7 Å². The monoisotopic (exact) mass is 752 g/mol. The maximum absolute atomic E-state index is 17.1. The molecule has 2 amide bonds. The molecule has 3 N–H and O–H groups in total. The van der Waals surface area contributed by atoms with Gasteiger partial charge in [0.25, 0.3) is 0 Å². The molecular formula is C34H32Cl2F2N10O2S. The lowest BCUT2D eigenvalue weighted by Gasteiger charge is -2.51. The quantitative estimate of drug-likeness (QED) is 0.184. The molecule has 2 atom stereocenters. The minimum atomic E-state index is -0.751. The number of hydrazine groups is 1. The van der Waals surface area contributed by atoms with Crippen LogP contribution in [0.1, 0.15) is 44.1 Å². The van der Waals surface area contributed by atoms with Crippen molar-refractivity contribution in [1.82, 2.24) is 30.2 Å². The van der Waals surface area contributed by atoms with Gasteiger partial charge in [0, 0.05) is 36.0 Å². The summed E-state index contributed by atoms with van der Waals surface area (Å²) in [5, 5.41) is 11.9. The molecule has 51 heavy (non-hydrogen) atoms. The number of alkyl halides is 1. The molecule has 2 aromatic heterocycles. The number of rotatable bonds is 5. The van der Waals surface area contributed by atoms with Gasteiger partial charge in [0.1, 0.15) is 41.2 Å². The first kappa shape index (κ1) is 32.8. The Hall–Kier alpha value is -4.07.